The molecule has 0 unspecified atom stereocenters. The van der Waals surface area contributed by atoms with Crippen molar-refractivity contribution in [2.24, 2.45) is 0 Å². The van der Waals surface area contributed by atoms with E-state index in [1.807, 2.05) is 0 Å². The minimum Gasteiger partial charge on any atom is -0.323 e. The summed E-state index contributed by atoms with van der Waals surface area (Å²) in [5.41, 5.74) is -0.337. The summed E-state index contributed by atoms with van der Waals surface area (Å²) < 4.78 is 24.6. The Balaban J connectivity index is 2.12. The van der Waals surface area contributed by atoms with E-state index in [1.54, 1.807) is 13.8 Å². The smallest absolute Gasteiger partial charge is 0.323 e. The molecule has 3 amide bonds. The molecule has 1 fully saturated rings. The quantitative estimate of drug-likeness (QED) is 0.558. The molecule has 1 aliphatic heterocycles. The predicted octanol–water partition coefficient (Wildman–Crippen LogP) is 1.35. The van der Waals surface area contributed by atoms with Crippen LogP contribution >= 0.6 is 0 Å². The van der Waals surface area contributed by atoms with Crippen LogP contribution in [0.1, 0.15) is 37.0 Å². The third-order valence-corrected chi connectivity index (χ3v) is 4.87. The molecule has 1 saturated heterocycles. The molecule has 25 heavy (non-hydrogen) atoms. The number of benzene rings is 1. The van der Waals surface area contributed by atoms with E-state index >= 15 is 0 Å². The number of anilines is 1. The van der Waals surface area contributed by atoms with Gasteiger partial charge in [-0.15, -0.1) is 0 Å². The predicted molar refractivity (Wildman–Crippen MR) is 92.8 cm³/mol. The van der Waals surface area contributed by atoms with E-state index < -0.39 is 33.3 Å². The zero-order valence-electron chi connectivity index (χ0n) is 14.3. The Morgan fingerprint density at radius 1 is 1.16 bits per heavy atom. The Hall–Kier alpha value is -2.42. The number of nitrogens with zero attached hydrogens (tertiary/aromatic N) is 1. The fourth-order valence-corrected chi connectivity index (χ4v) is 3.29. The number of hydrogen-bond donors (Lipinski definition) is 2. The molecule has 0 spiro atoms. The summed E-state index contributed by atoms with van der Waals surface area (Å²) in [6, 6.07) is 5.21. The van der Waals surface area contributed by atoms with Crippen molar-refractivity contribution in [3.63, 3.8) is 0 Å². The van der Waals surface area contributed by atoms with Crippen LogP contribution in [-0.4, -0.2) is 49.4 Å². The molecule has 136 valence electrons. The fraction of sp³-hybridized carbons (Fsp3) is 0.438. The van der Waals surface area contributed by atoms with Crippen molar-refractivity contribution < 1.29 is 22.8 Å². The standard InChI is InChI=1S/C16H21N3O5S/c1-4-16(5-2)14(21)19(15(22)17-16)10-13(20)11-6-8-12(9-7-11)18-25(3,23)24/h6-9,18H,4-5,10H2,1-3H3,(H,17,22). The summed E-state index contributed by atoms with van der Waals surface area (Å²) in [5.74, 6) is -0.802. The van der Waals surface area contributed by atoms with Crippen molar-refractivity contribution in [3.05, 3.63) is 29.8 Å². The molecule has 1 aromatic carbocycles. The highest BCUT2D eigenvalue weighted by Gasteiger charge is 2.49. The summed E-state index contributed by atoms with van der Waals surface area (Å²) in [7, 11) is -3.40. The second-order valence-electron chi connectivity index (χ2n) is 5.99. The van der Waals surface area contributed by atoms with Gasteiger partial charge in [0.05, 0.1) is 12.8 Å². The van der Waals surface area contributed by atoms with Crippen LogP contribution in [0.15, 0.2) is 24.3 Å². The van der Waals surface area contributed by atoms with Crippen molar-refractivity contribution in [1.82, 2.24) is 10.2 Å². The van der Waals surface area contributed by atoms with Crippen molar-refractivity contribution in [3.8, 4) is 0 Å². The molecule has 8 nitrogen and oxygen atoms in total. The van der Waals surface area contributed by atoms with Crippen LogP contribution in [0.4, 0.5) is 10.5 Å². The van der Waals surface area contributed by atoms with Crippen LogP contribution in [0.25, 0.3) is 0 Å². The second-order valence-corrected chi connectivity index (χ2v) is 7.73. The summed E-state index contributed by atoms with van der Waals surface area (Å²) >= 11 is 0. The molecule has 1 aromatic rings. The molecule has 2 rings (SSSR count). The number of hydrogen-bond acceptors (Lipinski definition) is 5. The lowest BCUT2D eigenvalue weighted by Gasteiger charge is -2.22. The highest BCUT2D eigenvalue weighted by Crippen LogP contribution is 2.25. The summed E-state index contributed by atoms with van der Waals surface area (Å²) in [4.78, 5) is 37.8. The van der Waals surface area contributed by atoms with Crippen molar-refractivity contribution in [2.45, 2.75) is 32.2 Å². The van der Waals surface area contributed by atoms with Gasteiger partial charge in [-0.2, -0.15) is 0 Å². The molecular weight excluding hydrogens is 346 g/mol. The summed E-state index contributed by atoms with van der Waals surface area (Å²) in [6.07, 6.45) is 1.92. The zero-order valence-corrected chi connectivity index (χ0v) is 15.1. The monoisotopic (exact) mass is 367 g/mol. The first-order valence-electron chi connectivity index (χ1n) is 7.87. The Kier molecular flexibility index (Phi) is 5.17. The largest absolute Gasteiger partial charge is 0.325 e. The van der Waals surface area contributed by atoms with Gasteiger partial charge in [0.15, 0.2) is 5.78 Å². The molecule has 0 atom stereocenters. The van der Waals surface area contributed by atoms with Gasteiger partial charge < -0.3 is 5.32 Å². The maximum atomic E-state index is 12.5. The molecule has 0 bridgehead atoms. The number of urea groups is 1. The number of amides is 3. The van der Waals surface area contributed by atoms with Crippen LogP contribution in [-0.2, 0) is 14.8 Å². The summed E-state index contributed by atoms with van der Waals surface area (Å²) in [6.45, 7) is 3.26. The van der Waals surface area contributed by atoms with E-state index in [1.165, 1.54) is 24.3 Å². The molecule has 0 radical (unpaired) electrons. The van der Waals surface area contributed by atoms with E-state index in [0.717, 1.165) is 11.2 Å². The summed E-state index contributed by atoms with van der Waals surface area (Å²) in [5, 5.41) is 2.67. The van der Waals surface area contributed by atoms with E-state index in [9.17, 15) is 22.8 Å². The van der Waals surface area contributed by atoms with Gasteiger partial charge in [-0.25, -0.2) is 13.2 Å². The Morgan fingerprint density at radius 3 is 2.16 bits per heavy atom. The first kappa shape index (κ1) is 18.9. The molecule has 1 aliphatic rings. The number of rotatable bonds is 7. The van der Waals surface area contributed by atoms with Crippen LogP contribution in [0.3, 0.4) is 0 Å². The van der Waals surface area contributed by atoms with Gasteiger partial charge in [0.2, 0.25) is 10.0 Å². The maximum absolute atomic E-state index is 12.5. The van der Waals surface area contributed by atoms with Crippen LogP contribution in [0.2, 0.25) is 0 Å². The second kappa shape index (κ2) is 6.83. The van der Waals surface area contributed by atoms with Crippen LogP contribution < -0.4 is 10.0 Å². The Morgan fingerprint density at radius 2 is 1.72 bits per heavy atom. The van der Waals surface area contributed by atoms with E-state index in [4.69, 9.17) is 0 Å². The fourth-order valence-electron chi connectivity index (χ4n) is 2.72. The van der Waals surface area contributed by atoms with Crippen LogP contribution in [0, 0.1) is 0 Å². The molecule has 0 saturated carbocycles. The highest BCUT2D eigenvalue weighted by atomic mass is 32.2. The first-order valence-corrected chi connectivity index (χ1v) is 9.76. The maximum Gasteiger partial charge on any atom is 0.325 e. The van der Waals surface area contributed by atoms with Crippen LogP contribution in [0.5, 0.6) is 0 Å². The van der Waals surface area contributed by atoms with Crippen molar-refractivity contribution in [1.29, 1.82) is 0 Å². The van der Waals surface area contributed by atoms with Gasteiger partial charge in [0, 0.05) is 11.3 Å². The number of sulfonamides is 1. The lowest BCUT2D eigenvalue weighted by molar-refractivity contribution is -0.131. The SMILES string of the molecule is CCC1(CC)NC(=O)N(CC(=O)c2ccc(NS(C)(=O)=O)cc2)C1=O. The topological polar surface area (TPSA) is 113 Å². The van der Waals surface area contributed by atoms with Gasteiger partial charge in [-0.3, -0.25) is 19.2 Å². The molecule has 9 heteroatoms. The average molecular weight is 367 g/mol. The zero-order chi connectivity index (χ0) is 18.8. The third kappa shape index (κ3) is 3.98. The number of carbonyl (C=O) groups excluding carboxylic acids is 3. The van der Waals surface area contributed by atoms with Gasteiger partial charge in [0.1, 0.15) is 5.54 Å². The van der Waals surface area contributed by atoms with E-state index in [2.05, 4.69) is 10.0 Å². The van der Waals surface area contributed by atoms with Gasteiger partial charge >= 0.3 is 6.03 Å². The number of Topliss-reactive ketones (excluding diaryl/α,β-unsaturated/α-hetero) is 1. The normalized spacial score (nSPS) is 16.7. The molecule has 1 heterocycles. The van der Waals surface area contributed by atoms with Gasteiger partial charge in [-0.05, 0) is 37.1 Å². The Bertz CT molecular complexity index is 798. The lowest BCUT2D eigenvalue weighted by Crippen LogP contribution is -2.46. The lowest BCUT2D eigenvalue weighted by atomic mass is 9.93. The first-order chi connectivity index (χ1) is 11.6. The number of imide groups is 1. The minimum atomic E-state index is -3.40. The number of carbonyl (C=O) groups is 3. The molecule has 2 N–H and O–H groups in total. The van der Waals surface area contributed by atoms with Crippen molar-refractivity contribution in [2.75, 3.05) is 17.5 Å². The third-order valence-electron chi connectivity index (χ3n) is 4.26. The van der Waals surface area contributed by atoms with E-state index in [-0.39, 0.29) is 12.1 Å². The van der Waals surface area contributed by atoms with Crippen molar-refractivity contribution >= 4 is 33.4 Å². The van der Waals surface area contributed by atoms with E-state index in [0.29, 0.717) is 18.5 Å². The van der Waals surface area contributed by atoms with Gasteiger partial charge in [-0.1, -0.05) is 13.8 Å². The number of nitrogens with one attached hydrogen (secondary N) is 2. The molecular formula is C16H21N3O5S. The Labute approximate surface area is 146 Å². The highest BCUT2D eigenvalue weighted by molar-refractivity contribution is 7.92. The number of ketones is 1. The average Bonchev–Trinajstić information content (AvgIpc) is 2.78. The van der Waals surface area contributed by atoms with Gasteiger partial charge in [0.25, 0.3) is 5.91 Å². The molecule has 0 aromatic heterocycles. The minimum absolute atomic E-state index is 0.283. The molecule has 0 aliphatic carbocycles.